The monoisotopic (exact) mass is 247 g/mol. The van der Waals surface area contributed by atoms with E-state index in [0.29, 0.717) is 0 Å². The van der Waals surface area contributed by atoms with Crippen molar-refractivity contribution < 1.29 is 0 Å². The molecule has 1 N–H and O–H groups in total. The van der Waals surface area contributed by atoms with Gasteiger partial charge in [-0.2, -0.15) is 5.10 Å². The molecule has 2 aromatic rings. The van der Waals surface area contributed by atoms with Crippen molar-refractivity contribution in [3.05, 3.63) is 48.3 Å². The average Bonchev–Trinajstić information content (AvgIpc) is 2.79. The molecule has 4 heteroatoms. The van der Waals surface area contributed by atoms with Crippen LogP contribution in [0.15, 0.2) is 47.6 Å². The van der Waals surface area contributed by atoms with Crippen LogP contribution in [0.1, 0.15) is 5.56 Å². The minimum atomic E-state index is 0.881. The second kappa shape index (κ2) is 6.47. The van der Waals surface area contributed by atoms with E-state index in [0.717, 1.165) is 18.8 Å². The number of nitrogens with zero attached hydrogens (tertiary/aromatic N) is 2. The maximum absolute atomic E-state index is 4.33. The standard InChI is InChI=1S/C13H17N3S/c1-14-9-12-10-15-16(11-12)7-8-17-13-5-3-2-4-6-13/h2-6,10-11,14H,7-9H2,1H3. The van der Waals surface area contributed by atoms with Crippen LogP contribution in [0.25, 0.3) is 0 Å². The Hall–Kier alpha value is -1.26. The predicted molar refractivity (Wildman–Crippen MR) is 72.2 cm³/mol. The van der Waals surface area contributed by atoms with E-state index >= 15 is 0 Å². The molecule has 2 rings (SSSR count). The van der Waals surface area contributed by atoms with Gasteiger partial charge in [0.05, 0.1) is 12.7 Å². The summed E-state index contributed by atoms with van der Waals surface area (Å²) in [6.07, 6.45) is 4.02. The van der Waals surface area contributed by atoms with E-state index in [9.17, 15) is 0 Å². The van der Waals surface area contributed by atoms with Crippen LogP contribution in [0.3, 0.4) is 0 Å². The number of hydrogen-bond acceptors (Lipinski definition) is 3. The first-order valence-corrected chi connectivity index (χ1v) is 6.71. The summed E-state index contributed by atoms with van der Waals surface area (Å²) in [4.78, 5) is 1.31. The number of nitrogens with one attached hydrogen (secondary N) is 1. The fourth-order valence-corrected chi connectivity index (χ4v) is 2.46. The average molecular weight is 247 g/mol. The Morgan fingerprint density at radius 1 is 1.29 bits per heavy atom. The molecule has 0 bridgehead atoms. The number of aromatic nitrogens is 2. The molecule has 0 saturated heterocycles. The summed E-state index contributed by atoms with van der Waals surface area (Å²) >= 11 is 1.86. The highest BCUT2D eigenvalue weighted by atomic mass is 32.2. The van der Waals surface area contributed by atoms with Crippen LogP contribution >= 0.6 is 11.8 Å². The first-order valence-electron chi connectivity index (χ1n) is 5.72. The van der Waals surface area contributed by atoms with Crippen molar-refractivity contribution in [2.75, 3.05) is 12.8 Å². The molecule has 0 amide bonds. The van der Waals surface area contributed by atoms with E-state index in [2.05, 4.69) is 40.9 Å². The zero-order chi connectivity index (χ0) is 11.9. The van der Waals surface area contributed by atoms with Crippen molar-refractivity contribution in [1.82, 2.24) is 15.1 Å². The summed E-state index contributed by atoms with van der Waals surface area (Å²) in [5, 5.41) is 7.45. The van der Waals surface area contributed by atoms with Crippen LogP contribution in [-0.4, -0.2) is 22.6 Å². The third kappa shape index (κ3) is 3.91. The smallest absolute Gasteiger partial charge is 0.0534 e. The molecule has 0 spiro atoms. The van der Waals surface area contributed by atoms with Gasteiger partial charge in [-0.1, -0.05) is 18.2 Å². The Labute approximate surface area is 106 Å². The predicted octanol–water partition coefficient (Wildman–Crippen LogP) is 2.39. The molecule has 17 heavy (non-hydrogen) atoms. The van der Waals surface area contributed by atoms with Gasteiger partial charge in [-0.3, -0.25) is 4.68 Å². The molecule has 0 aliphatic carbocycles. The lowest BCUT2D eigenvalue weighted by Crippen LogP contribution is -2.04. The lowest BCUT2D eigenvalue weighted by Gasteiger charge is -2.01. The normalized spacial score (nSPS) is 10.6. The summed E-state index contributed by atoms with van der Waals surface area (Å²) in [6.45, 7) is 1.83. The van der Waals surface area contributed by atoms with E-state index in [-0.39, 0.29) is 0 Å². The van der Waals surface area contributed by atoms with Crippen LogP contribution in [0.2, 0.25) is 0 Å². The number of thioether (sulfide) groups is 1. The topological polar surface area (TPSA) is 29.9 Å². The van der Waals surface area contributed by atoms with Gasteiger partial charge < -0.3 is 5.32 Å². The van der Waals surface area contributed by atoms with Gasteiger partial charge in [0.25, 0.3) is 0 Å². The highest BCUT2D eigenvalue weighted by Gasteiger charge is 1.98. The Bertz CT molecular complexity index is 439. The minimum Gasteiger partial charge on any atom is -0.316 e. The Kier molecular flexibility index (Phi) is 4.64. The second-order valence-corrected chi connectivity index (χ2v) is 4.97. The molecule has 0 atom stereocenters. The molecular formula is C13H17N3S. The molecule has 0 aliphatic heterocycles. The van der Waals surface area contributed by atoms with Gasteiger partial charge in [0.1, 0.15) is 0 Å². The summed E-state index contributed by atoms with van der Waals surface area (Å²) < 4.78 is 2.00. The lowest BCUT2D eigenvalue weighted by molar-refractivity contribution is 0.665. The van der Waals surface area contributed by atoms with Crippen molar-refractivity contribution in [1.29, 1.82) is 0 Å². The molecule has 0 fully saturated rings. The Morgan fingerprint density at radius 2 is 2.12 bits per heavy atom. The van der Waals surface area contributed by atoms with Gasteiger partial charge in [-0.15, -0.1) is 11.8 Å². The van der Waals surface area contributed by atoms with Gasteiger partial charge >= 0.3 is 0 Å². The largest absolute Gasteiger partial charge is 0.316 e. The zero-order valence-electron chi connectivity index (χ0n) is 9.97. The van der Waals surface area contributed by atoms with Crippen molar-refractivity contribution in [2.45, 2.75) is 18.0 Å². The Morgan fingerprint density at radius 3 is 2.88 bits per heavy atom. The number of rotatable bonds is 6. The highest BCUT2D eigenvalue weighted by Crippen LogP contribution is 2.16. The van der Waals surface area contributed by atoms with Crippen LogP contribution in [0, 0.1) is 0 Å². The maximum Gasteiger partial charge on any atom is 0.0534 e. The second-order valence-electron chi connectivity index (χ2n) is 3.80. The minimum absolute atomic E-state index is 0.881. The fraction of sp³-hybridized carbons (Fsp3) is 0.308. The molecular weight excluding hydrogens is 230 g/mol. The van der Waals surface area contributed by atoms with E-state index in [1.54, 1.807) is 0 Å². The third-order valence-corrected chi connectivity index (χ3v) is 3.39. The van der Waals surface area contributed by atoms with E-state index in [4.69, 9.17) is 0 Å². The van der Waals surface area contributed by atoms with E-state index in [1.807, 2.05) is 35.8 Å². The van der Waals surface area contributed by atoms with Gasteiger partial charge in [0, 0.05) is 29.0 Å². The SMILES string of the molecule is CNCc1cnn(CCSc2ccccc2)c1. The van der Waals surface area contributed by atoms with Crippen molar-refractivity contribution in [3.8, 4) is 0 Å². The summed E-state index contributed by atoms with van der Waals surface area (Å²) in [6, 6.07) is 10.5. The number of benzene rings is 1. The fourth-order valence-electron chi connectivity index (χ4n) is 1.60. The van der Waals surface area contributed by atoms with Crippen LogP contribution in [-0.2, 0) is 13.1 Å². The number of hydrogen-bond donors (Lipinski definition) is 1. The van der Waals surface area contributed by atoms with Crippen molar-refractivity contribution >= 4 is 11.8 Å². The molecule has 90 valence electrons. The van der Waals surface area contributed by atoms with Crippen molar-refractivity contribution in [2.24, 2.45) is 0 Å². The van der Waals surface area contributed by atoms with Gasteiger partial charge in [-0.25, -0.2) is 0 Å². The molecule has 0 radical (unpaired) electrons. The first-order chi connectivity index (χ1) is 8.38. The molecule has 1 aromatic carbocycles. The van der Waals surface area contributed by atoms with Crippen LogP contribution < -0.4 is 5.32 Å². The third-order valence-electron chi connectivity index (χ3n) is 2.40. The molecule has 3 nitrogen and oxygen atoms in total. The maximum atomic E-state index is 4.33. The van der Waals surface area contributed by atoms with Crippen LogP contribution in [0.5, 0.6) is 0 Å². The quantitative estimate of drug-likeness (QED) is 0.795. The summed E-state index contributed by atoms with van der Waals surface area (Å²) in [5.74, 6) is 1.05. The molecule has 1 aromatic heterocycles. The van der Waals surface area contributed by atoms with E-state index < -0.39 is 0 Å². The van der Waals surface area contributed by atoms with E-state index in [1.165, 1.54) is 10.5 Å². The van der Waals surface area contributed by atoms with Crippen molar-refractivity contribution in [3.63, 3.8) is 0 Å². The summed E-state index contributed by atoms with van der Waals surface area (Å²) in [7, 11) is 1.95. The van der Waals surface area contributed by atoms with Gasteiger partial charge in [0.15, 0.2) is 0 Å². The highest BCUT2D eigenvalue weighted by molar-refractivity contribution is 7.99. The molecule has 0 saturated carbocycles. The number of aryl methyl sites for hydroxylation is 1. The molecule has 1 heterocycles. The molecule has 0 unspecified atom stereocenters. The van der Waals surface area contributed by atoms with Gasteiger partial charge in [-0.05, 0) is 19.2 Å². The van der Waals surface area contributed by atoms with Gasteiger partial charge in [0.2, 0.25) is 0 Å². The Balaban J connectivity index is 1.78. The molecule has 0 aliphatic rings. The summed E-state index contributed by atoms with van der Waals surface area (Å²) in [5.41, 5.74) is 1.23. The lowest BCUT2D eigenvalue weighted by atomic mass is 10.4. The zero-order valence-corrected chi connectivity index (χ0v) is 10.8. The van der Waals surface area contributed by atoms with Crippen LogP contribution in [0.4, 0.5) is 0 Å². The first kappa shape index (κ1) is 12.2.